The number of tetrazole rings is 1. The highest BCUT2D eigenvalue weighted by Crippen LogP contribution is 2.40. The minimum Gasteiger partial charge on any atom is -0.481 e. The van der Waals surface area contributed by atoms with Crippen molar-refractivity contribution >= 4 is 5.97 Å². The number of carboxylic acid groups (broad SMARTS) is 1. The monoisotopic (exact) mass is 280 g/mol. The van der Waals surface area contributed by atoms with Gasteiger partial charge in [0.15, 0.2) is 5.82 Å². The number of aliphatic carboxylic acids is 1. The molecule has 2 aliphatic rings. The summed E-state index contributed by atoms with van der Waals surface area (Å²) in [6.45, 7) is 1.08. The highest BCUT2D eigenvalue weighted by Gasteiger charge is 2.43. The Labute approximate surface area is 117 Å². The first-order valence-electron chi connectivity index (χ1n) is 7.32. The molecule has 0 aromatic carbocycles. The Hall–Kier alpha value is -1.50. The van der Waals surface area contributed by atoms with E-state index in [0.29, 0.717) is 25.2 Å². The third kappa shape index (κ3) is 2.42. The van der Waals surface area contributed by atoms with Gasteiger partial charge in [-0.1, -0.05) is 12.8 Å². The molecule has 0 bridgehead atoms. The maximum absolute atomic E-state index is 11.6. The zero-order valence-electron chi connectivity index (χ0n) is 11.5. The molecule has 7 nitrogen and oxygen atoms in total. The van der Waals surface area contributed by atoms with Crippen LogP contribution in [0.1, 0.15) is 56.9 Å². The predicted octanol–water partition coefficient (Wildman–Crippen LogP) is 1.56. The second-order valence-electron chi connectivity index (χ2n) is 5.84. The van der Waals surface area contributed by atoms with Gasteiger partial charge in [-0.15, -0.1) is 5.10 Å². The fourth-order valence-electron chi connectivity index (χ4n) is 3.28. The van der Waals surface area contributed by atoms with E-state index in [2.05, 4.69) is 15.5 Å². The predicted molar refractivity (Wildman–Crippen MR) is 68.9 cm³/mol. The van der Waals surface area contributed by atoms with Gasteiger partial charge in [-0.3, -0.25) is 4.79 Å². The molecule has 110 valence electrons. The van der Waals surface area contributed by atoms with Crippen LogP contribution in [-0.4, -0.2) is 37.9 Å². The molecule has 7 heteroatoms. The van der Waals surface area contributed by atoms with Crippen LogP contribution in [0.4, 0.5) is 0 Å². The molecule has 20 heavy (non-hydrogen) atoms. The van der Waals surface area contributed by atoms with E-state index >= 15 is 0 Å². The summed E-state index contributed by atoms with van der Waals surface area (Å²) in [6, 6.07) is 0. The Morgan fingerprint density at radius 1 is 1.35 bits per heavy atom. The van der Waals surface area contributed by atoms with Crippen LogP contribution in [0.25, 0.3) is 0 Å². The zero-order valence-corrected chi connectivity index (χ0v) is 11.5. The first-order chi connectivity index (χ1) is 9.71. The summed E-state index contributed by atoms with van der Waals surface area (Å²) in [6.07, 6.45) is 6.30. The molecule has 2 heterocycles. The third-order valence-electron chi connectivity index (χ3n) is 4.49. The number of aromatic nitrogens is 4. The quantitative estimate of drug-likeness (QED) is 0.900. The number of carboxylic acids is 1. The van der Waals surface area contributed by atoms with Crippen LogP contribution in [0.2, 0.25) is 0 Å². The van der Waals surface area contributed by atoms with E-state index in [0.717, 1.165) is 38.7 Å². The van der Waals surface area contributed by atoms with Gasteiger partial charge in [-0.05, 0) is 42.5 Å². The lowest BCUT2D eigenvalue weighted by Crippen LogP contribution is -2.34. The Morgan fingerprint density at radius 2 is 2.15 bits per heavy atom. The molecule has 1 atom stereocenters. The average Bonchev–Trinajstić information content (AvgIpc) is 3.10. The molecular weight excluding hydrogens is 260 g/mol. The van der Waals surface area contributed by atoms with E-state index in [-0.39, 0.29) is 6.10 Å². The van der Waals surface area contributed by atoms with E-state index in [1.165, 1.54) is 0 Å². The van der Waals surface area contributed by atoms with Crippen LogP contribution in [0.5, 0.6) is 0 Å². The zero-order chi connectivity index (χ0) is 14.0. The standard InChI is InChI=1S/C13H20N4O3/c18-12(19)13(6-2-3-7-13)9-17-11(14-15-16-17)10-5-1-4-8-20-10/h10H,1-9H2,(H,18,19). The summed E-state index contributed by atoms with van der Waals surface area (Å²) in [7, 11) is 0. The first-order valence-corrected chi connectivity index (χ1v) is 7.32. The number of hydrogen-bond donors (Lipinski definition) is 1. The molecule has 1 saturated heterocycles. The average molecular weight is 280 g/mol. The van der Waals surface area contributed by atoms with Gasteiger partial charge < -0.3 is 9.84 Å². The lowest BCUT2D eigenvalue weighted by Gasteiger charge is -2.26. The molecule has 0 amide bonds. The van der Waals surface area contributed by atoms with Crippen LogP contribution in [-0.2, 0) is 16.1 Å². The molecule has 1 aliphatic heterocycles. The fourth-order valence-corrected chi connectivity index (χ4v) is 3.28. The van der Waals surface area contributed by atoms with Gasteiger partial charge >= 0.3 is 5.97 Å². The summed E-state index contributed by atoms with van der Waals surface area (Å²) in [4.78, 5) is 11.6. The van der Waals surface area contributed by atoms with E-state index in [1.54, 1.807) is 4.68 Å². The molecule has 1 aliphatic carbocycles. The Bertz CT molecular complexity index is 476. The normalized spacial score (nSPS) is 25.7. The summed E-state index contributed by atoms with van der Waals surface area (Å²) in [5.74, 6) is -0.0572. The summed E-state index contributed by atoms with van der Waals surface area (Å²) in [5, 5.41) is 21.3. The number of carbonyl (C=O) groups is 1. The van der Waals surface area contributed by atoms with Crippen LogP contribution >= 0.6 is 0 Å². The van der Waals surface area contributed by atoms with Crippen LogP contribution in [0.3, 0.4) is 0 Å². The van der Waals surface area contributed by atoms with Gasteiger partial charge in [0.05, 0.1) is 12.0 Å². The molecule has 0 radical (unpaired) electrons. The van der Waals surface area contributed by atoms with Crippen molar-refractivity contribution in [2.75, 3.05) is 6.61 Å². The molecule has 0 spiro atoms. The maximum Gasteiger partial charge on any atom is 0.311 e. The van der Waals surface area contributed by atoms with Crippen LogP contribution < -0.4 is 0 Å². The fraction of sp³-hybridized carbons (Fsp3) is 0.846. The van der Waals surface area contributed by atoms with Crippen molar-refractivity contribution in [2.45, 2.75) is 57.6 Å². The second-order valence-corrected chi connectivity index (χ2v) is 5.84. The van der Waals surface area contributed by atoms with Crippen molar-refractivity contribution < 1.29 is 14.6 Å². The molecular formula is C13H20N4O3. The molecule has 1 saturated carbocycles. The number of rotatable bonds is 4. The summed E-state index contributed by atoms with van der Waals surface area (Å²) in [5.41, 5.74) is -0.710. The molecule has 1 aromatic heterocycles. The SMILES string of the molecule is O=C(O)C1(Cn2nnnc2C2CCCCO2)CCCC1. The Morgan fingerprint density at radius 3 is 2.80 bits per heavy atom. The minimum atomic E-state index is -0.735. The van der Waals surface area contributed by atoms with Gasteiger partial charge in [-0.25, -0.2) is 4.68 Å². The maximum atomic E-state index is 11.6. The van der Waals surface area contributed by atoms with Gasteiger partial charge in [0, 0.05) is 6.61 Å². The number of hydrogen-bond acceptors (Lipinski definition) is 5. The lowest BCUT2D eigenvalue weighted by molar-refractivity contribution is -0.149. The minimum absolute atomic E-state index is 0.0917. The van der Waals surface area contributed by atoms with Crippen LogP contribution in [0, 0.1) is 5.41 Å². The van der Waals surface area contributed by atoms with E-state index < -0.39 is 11.4 Å². The van der Waals surface area contributed by atoms with Gasteiger partial charge in [-0.2, -0.15) is 0 Å². The van der Waals surface area contributed by atoms with E-state index in [1.807, 2.05) is 0 Å². The van der Waals surface area contributed by atoms with Crippen LogP contribution in [0.15, 0.2) is 0 Å². The van der Waals surface area contributed by atoms with Crippen molar-refractivity contribution in [1.82, 2.24) is 20.2 Å². The van der Waals surface area contributed by atoms with Gasteiger partial charge in [0.25, 0.3) is 0 Å². The van der Waals surface area contributed by atoms with Crippen molar-refractivity contribution in [1.29, 1.82) is 0 Å². The first kappa shape index (κ1) is 13.5. The molecule has 1 aromatic rings. The summed E-state index contributed by atoms with van der Waals surface area (Å²) >= 11 is 0. The molecule has 3 rings (SSSR count). The third-order valence-corrected chi connectivity index (χ3v) is 4.49. The van der Waals surface area contributed by atoms with Gasteiger partial charge in [0.1, 0.15) is 6.10 Å². The largest absolute Gasteiger partial charge is 0.481 e. The topological polar surface area (TPSA) is 90.1 Å². The molecule has 1 unspecified atom stereocenters. The van der Waals surface area contributed by atoms with Crippen molar-refractivity contribution in [3.8, 4) is 0 Å². The van der Waals surface area contributed by atoms with E-state index in [4.69, 9.17) is 4.74 Å². The van der Waals surface area contributed by atoms with Gasteiger partial charge in [0.2, 0.25) is 0 Å². The summed E-state index contributed by atoms with van der Waals surface area (Å²) < 4.78 is 7.36. The second kappa shape index (κ2) is 5.47. The highest BCUT2D eigenvalue weighted by molar-refractivity contribution is 5.74. The molecule has 2 fully saturated rings. The smallest absolute Gasteiger partial charge is 0.311 e. The molecule has 1 N–H and O–H groups in total. The number of ether oxygens (including phenoxy) is 1. The Balaban J connectivity index is 1.80. The van der Waals surface area contributed by atoms with E-state index in [9.17, 15) is 9.90 Å². The Kier molecular flexibility index (Phi) is 3.69. The van der Waals surface area contributed by atoms with Crippen molar-refractivity contribution in [3.63, 3.8) is 0 Å². The van der Waals surface area contributed by atoms with Crippen molar-refractivity contribution in [3.05, 3.63) is 5.82 Å². The number of nitrogens with zero attached hydrogens (tertiary/aromatic N) is 4. The lowest BCUT2D eigenvalue weighted by atomic mass is 9.86. The highest BCUT2D eigenvalue weighted by atomic mass is 16.5. The van der Waals surface area contributed by atoms with Crippen molar-refractivity contribution in [2.24, 2.45) is 5.41 Å².